The Morgan fingerprint density at radius 3 is 2.80 bits per heavy atom. The van der Waals surface area contributed by atoms with Gasteiger partial charge in [0.05, 0.1) is 22.5 Å². The lowest BCUT2D eigenvalue weighted by molar-refractivity contribution is 0.101. The van der Waals surface area contributed by atoms with Crippen LogP contribution in [0, 0.1) is 6.92 Å². The lowest BCUT2D eigenvalue weighted by Gasteiger charge is -1.97. The van der Waals surface area contributed by atoms with E-state index in [-0.39, 0.29) is 5.78 Å². The van der Waals surface area contributed by atoms with Crippen LogP contribution in [0.5, 0.6) is 0 Å². The number of rotatable bonds is 2. The second kappa shape index (κ2) is 3.66. The number of carbonyl (C=O) groups excluding carboxylic acids is 1. The first-order chi connectivity index (χ1) is 7.11. The summed E-state index contributed by atoms with van der Waals surface area (Å²) in [6, 6.07) is 1.69. The van der Waals surface area contributed by atoms with Gasteiger partial charge in [-0.25, -0.2) is 0 Å². The van der Waals surface area contributed by atoms with Crippen LogP contribution in [0.2, 0.25) is 0 Å². The topological polar surface area (TPSA) is 48.0 Å². The van der Waals surface area contributed by atoms with Crippen molar-refractivity contribution in [3.05, 3.63) is 40.0 Å². The zero-order valence-corrected chi connectivity index (χ0v) is 9.91. The maximum absolute atomic E-state index is 12.0. The number of hydrogen-bond acceptors (Lipinski definition) is 3. The van der Waals surface area contributed by atoms with Gasteiger partial charge in [-0.1, -0.05) is 0 Å². The van der Waals surface area contributed by atoms with Crippen molar-refractivity contribution in [1.29, 1.82) is 0 Å². The van der Waals surface area contributed by atoms with Crippen molar-refractivity contribution >= 4 is 21.7 Å². The molecule has 0 aromatic carbocycles. The highest BCUT2D eigenvalue weighted by molar-refractivity contribution is 9.10. The molecule has 0 saturated carbocycles. The van der Waals surface area contributed by atoms with Crippen LogP contribution in [0.1, 0.15) is 21.8 Å². The Kier molecular flexibility index (Phi) is 2.48. The fourth-order valence-corrected chi connectivity index (χ4v) is 1.68. The molecule has 0 amide bonds. The molecule has 4 nitrogen and oxygen atoms in total. The number of halogens is 1. The van der Waals surface area contributed by atoms with Crippen LogP contribution in [0.15, 0.2) is 27.4 Å². The maximum atomic E-state index is 12.0. The SMILES string of the molecule is Cc1c(C(=O)c2occc2Br)cnn1C. The Balaban J connectivity index is 2.46. The fourth-order valence-electron chi connectivity index (χ4n) is 1.30. The van der Waals surface area contributed by atoms with Gasteiger partial charge in [-0.15, -0.1) is 0 Å². The van der Waals surface area contributed by atoms with Gasteiger partial charge in [-0.05, 0) is 28.9 Å². The maximum Gasteiger partial charge on any atom is 0.232 e. The number of aromatic nitrogens is 2. The van der Waals surface area contributed by atoms with Crippen LogP contribution < -0.4 is 0 Å². The lowest BCUT2D eigenvalue weighted by Crippen LogP contribution is -2.02. The summed E-state index contributed by atoms with van der Waals surface area (Å²) >= 11 is 3.25. The molecule has 0 radical (unpaired) electrons. The van der Waals surface area contributed by atoms with Crippen molar-refractivity contribution in [2.75, 3.05) is 0 Å². The van der Waals surface area contributed by atoms with Crippen molar-refractivity contribution in [3.8, 4) is 0 Å². The molecule has 2 aromatic heterocycles. The van der Waals surface area contributed by atoms with E-state index in [2.05, 4.69) is 21.0 Å². The molecule has 0 unspecified atom stereocenters. The minimum absolute atomic E-state index is 0.155. The van der Waals surface area contributed by atoms with Crippen molar-refractivity contribution < 1.29 is 9.21 Å². The molecular weight excluding hydrogens is 260 g/mol. The summed E-state index contributed by atoms with van der Waals surface area (Å²) in [6.07, 6.45) is 3.02. The summed E-state index contributed by atoms with van der Waals surface area (Å²) in [6.45, 7) is 1.84. The summed E-state index contributed by atoms with van der Waals surface area (Å²) < 4.78 is 7.43. The minimum Gasteiger partial charge on any atom is -0.460 e. The molecule has 0 N–H and O–H groups in total. The summed E-state index contributed by atoms with van der Waals surface area (Å²) in [5, 5.41) is 4.02. The van der Waals surface area contributed by atoms with Crippen molar-refractivity contribution in [1.82, 2.24) is 9.78 Å². The Bertz CT molecular complexity index is 513. The Morgan fingerprint density at radius 2 is 2.33 bits per heavy atom. The van der Waals surface area contributed by atoms with Crippen LogP contribution in [0.25, 0.3) is 0 Å². The quantitative estimate of drug-likeness (QED) is 0.786. The van der Waals surface area contributed by atoms with Gasteiger partial charge in [0.2, 0.25) is 5.78 Å². The van der Waals surface area contributed by atoms with E-state index in [9.17, 15) is 4.79 Å². The highest BCUT2D eigenvalue weighted by Crippen LogP contribution is 2.22. The molecular formula is C10H9BrN2O2. The molecule has 2 rings (SSSR count). The van der Waals surface area contributed by atoms with Gasteiger partial charge in [0, 0.05) is 12.7 Å². The van der Waals surface area contributed by atoms with Crippen molar-refractivity contribution in [2.24, 2.45) is 7.05 Å². The van der Waals surface area contributed by atoms with Gasteiger partial charge in [0.25, 0.3) is 0 Å². The molecule has 5 heteroatoms. The van der Waals surface area contributed by atoms with Gasteiger partial charge >= 0.3 is 0 Å². The van der Waals surface area contributed by atoms with Gasteiger partial charge in [-0.2, -0.15) is 5.10 Å². The van der Waals surface area contributed by atoms with Crippen LogP contribution in [0.3, 0.4) is 0 Å². The Labute approximate surface area is 95.0 Å². The average molecular weight is 269 g/mol. The number of nitrogens with zero attached hydrogens (tertiary/aromatic N) is 2. The number of ketones is 1. The molecule has 0 saturated heterocycles. The fraction of sp³-hybridized carbons (Fsp3) is 0.200. The number of hydrogen-bond donors (Lipinski definition) is 0. The van der Waals surface area contributed by atoms with E-state index in [1.165, 1.54) is 6.26 Å². The van der Waals surface area contributed by atoms with E-state index >= 15 is 0 Å². The largest absolute Gasteiger partial charge is 0.460 e. The summed E-state index contributed by atoms with van der Waals surface area (Å²) in [4.78, 5) is 12.0. The second-order valence-corrected chi connectivity index (χ2v) is 4.05. The zero-order chi connectivity index (χ0) is 11.0. The van der Waals surface area contributed by atoms with Gasteiger partial charge in [-0.3, -0.25) is 9.48 Å². The molecule has 78 valence electrons. The monoisotopic (exact) mass is 268 g/mol. The second-order valence-electron chi connectivity index (χ2n) is 3.19. The molecule has 0 aliphatic carbocycles. The first kappa shape index (κ1) is 10.2. The average Bonchev–Trinajstić information content (AvgIpc) is 2.75. The summed E-state index contributed by atoms with van der Waals surface area (Å²) in [5.74, 6) is 0.156. The Hall–Kier alpha value is -1.36. The van der Waals surface area contributed by atoms with Gasteiger partial charge in [0.1, 0.15) is 0 Å². The van der Waals surface area contributed by atoms with Gasteiger partial charge in [0.15, 0.2) is 5.76 Å². The first-order valence-corrected chi connectivity index (χ1v) is 5.17. The number of furan rings is 1. The molecule has 2 aromatic rings. The summed E-state index contributed by atoms with van der Waals surface area (Å²) in [5.41, 5.74) is 1.39. The smallest absolute Gasteiger partial charge is 0.232 e. The Morgan fingerprint density at radius 1 is 1.60 bits per heavy atom. The molecule has 2 heterocycles. The molecule has 0 atom stereocenters. The normalized spacial score (nSPS) is 10.6. The molecule has 0 bridgehead atoms. The van der Waals surface area contributed by atoms with E-state index < -0.39 is 0 Å². The predicted molar refractivity (Wildman–Crippen MR) is 57.8 cm³/mol. The third-order valence-electron chi connectivity index (χ3n) is 2.30. The third-order valence-corrected chi connectivity index (χ3v) is 2.93. The van der Waals surface area contributed by atoms with Crippen LogP contribution in [0.4, 0.5) is 0 Å². The highest BCUT2D eigenvalue weighted by atomic mass is 79.9. The predicted octanol–water partition coefficient (Wildman–Crippen LogP) is 2.32. The van der Waals surface area contributed by atoms with E-state index in [0.29, 0.717) is 15.8 Å². The summed E-state index contributed by atoms with van der Waals surface area (Å²) in [7, 11) is 1.79. The van der Waals surface area contributed by atoms with E-state index in [1.807, 2.05) is 6.92 Å². The van der Waals surface area contributed by atoms with Crippen LogP contribution in [-0.4, -0.2) is 15.6 Å². The van der Waals surface area contributed by atoms with Crippen molar-refractivity contribution in [2.45, 2.75) is 6.92 Å². The third kappa shape index (κ3) is 1.63. The van der Waals surface area contributed by atoms with E-state index in [0.717, 1.165) is 5.69 Å². The van der Waals surface area contributed by atoms with E-state index in [1.54, 1.807) is 24.0 Å². The van der Waals surface area contributed by atoms with E-state index in [4.69, 9.17) is 4.42 Å². The van der Waals surface area contributed by atoms with Crippen LogP contribution >= 0.6 is 15.9 Å². The molecule has 15 heavy (non-hydrogen) atoms. The highest BCUT2D eigenvalue weighted by Gasteiger charge is 2.19. The standard InChI is InChI=1S/C10H9BrN2O2/c1-6-7(5-12-13(6)2)9(14)10-8(11)3-4-15-10/h3-5H,1-2H3. The lowest BCUT2D eigenvalue weighted by atomic mass is 10.1. The van der Waals surface area contributed by atoms with Gasteiger partial charge < -0.3 is 4.42 Å². The van der Waals surface area contributed by atoms with Crippen molar-refractivity contribution in [3.63, 3.8) is 0 Å². The van der Waals surface area contributed by atoms with Crippen LogP contribution in [-0.2, 0) is 7.05 Å². The molecule has 0 spiro atoms. The number of aryl methyl sites for hydroxylation is 1. The zero-order valence-electron chi connectivity index (χ0n) is 8.32. The number of carbonyl (C=O) groups is 1. The molecule has 0 fully saturated rings. The first-order valence-electron chi connectivity index (χ1n) is 4.37. The molecule has 0 aliphatic rings. The molecule has 0 aliphatic heterocycles. The minimum atomic E-state index is -0.155.